The van der Waals surface area contributed by atoms with Gasteiger partial charge in [-0.05, 0) is 68.3 Å². The average Bonchev–Trinajstić information content (AvgIpc) is 3.71. The van der Waals surface area contributed by atoms with Gasteiger partial charge in [0.1, 0.15) is 11.6 Å². The lowest BCUT2D eigenvalue weighted by atomic mass is 9.98. The number of pyridine rings is 1. The van der Waals surface area contributed by atoms with Crippen LogP contribution in [0.3, 0.4) is 0 Å². The highest BCUT2D eigenvalue weighted by Gasteiger charge is 2.28. The van der Waals surface area contributed by atoms with Gasteiger partial charge in [-0.1, -0.05) is 30.3 Å². The number of piperidine rings is 1. The molecule has 4 N–H and O–H groups in total. The topological polar surface area (TPSA) is 99.4 Å². The summed E-state index contributed by atoms with van der Waals surface area (Å²) in [5.74, 6) is 3.21. The maximum absolute atomic E-state index is 7.00. The van der Waals surface area contributed by atoms with E-state index in [0.29, 0.717) is 18.4 Å². The van der Waals surface area contributed by atoms with Gasteiger partial charge in [0, 0.05) is 43.6 Å². The maximum Gasteiger partial charge on any atom is 0.163 e. The molecule has 0 amide bonds. The summed E-state index contributed by atoms with van der Waals surface area (Å²) in [6, 6.07) is 16.7. The minimum absolute atomic E-state index is 0.608. The zero-order chi connectivity index (χ0) is 24.7. The first-order valence-electron chi connectivity index (χ1n) is 12.9. The molecule has 0 spiro atoms. The van der Waals surface area contributed by atoms with Gasteiger partial charge in [0.25, 0.3) is 0 Å². The zero-order valence-electron chi connectivity index (χ0n) is 20.8. The predicted molar refractivity (Wildman–Crippen MR) is 144 cm³/mol. The fraction of sp³-hybridized carbons (Fsp3) is 0.393. The van der Waals surface area contributed by atoms with E-state index in [1.54, 1.807) is 0 Å². The SMILES string of the molecule is CO.c1ccc(-c2ccc(CNc3cc(NCC4CCNCC4)nc4c(C5CC5)cnn34)cc2)nc1. The van der Waals surface area contributed by atoms with Crippen molar-refractivity contribution in [3.8, 4) is 11.3 Å². The van der Waals surface area contributed by atoms with E-state index in [9.17, 15) is 0 Å². The van der Waals surface area contributed by atoms with Crippen molar-refractivity contribution >= 4 is 17.3 Å². The van der Waals surface area contributed by atoms with Crippen LogP contribution in [-0.2, 0) is 6.54 Å². The Morgan fingerprint density at radius 2 is 1.81 bits per heavy atom. The molecule has 36 heavy (non-hydrogen) atoms. The molecule has 0 radical (unpaired) electrons. The molecule has 0 unspecified atom stereocenters. The molecule has 188 valence electrons. The van der Waals surface area contributed by atoms with Gasteiger partial charge in [-0.15, -0.1) is 0 Å². The van der Waals surface area contributed by atoms with Gasteiger partial charge in [-0.3, -0.25) is 4.98 Å². The van der Waals surface area contributed by atoms with Crippen molar-refractivity contribution in [2.24, 2.45) is 5.92 Å². The Morgan fingerprint density at radius 1 is 1.00 bits per heavy atom. The smallest absolute Gasteiger partial charge is 0.163 e. The van der Waals surface area contributed by atoms with Crippen LogP contribution < -0.4 is 16.0 Å². The Balaban J connectivity index is 0.00000130. The summed E-state index contributed by atoms with van der Waals surface area (Å²) in [7, 11) is 1.00. The zero-order valence-corrected chi connectivity index (χ0v) is 20.8. The van der Waals surface area contributed by atoms with Gasteiger partial charge in [-0.25, -0.2) is 4.98 Å². The Kier molecular flexibility index (Phi) is 7.73. The van der Waals surface area contributed by atoms with Crippen LogP contribution >= 0.6 is 0 Å². The van der Waals surface area contributed by atoms with E-state index in [0.717, 1.165) is 55.3 Å². The lowest BCUT2D eigenvalue weighted by molar-refractivity contribution is 0.389. The summed E-state index contributed by atoms with van der Waals surface area (Å²) in [6.07, 6.45) is 8.74. The number of aliphatic hydroxyl groups is 1. The summed E-state index contributed by atoms with van der Waals surface area (Å²) in [6.45, 7) is 3.90. The first-order valence-corrected chi connectivity index (χ1v) is 12.9. The van der Waals surface area contributed by atoms with Gasteiger partial charge in [0.15, 0.2) is 5.65 Å². The van der Waals surface area contributed by atoms with Crippen molar-refractivity contribution in [3.05, 3.63) is 72.1 Å². The Hall–Kier alpha value is -3.49. The molecule has 6 rings (SSSR count). The molecular weight excluding hydrogens is 450 g/mol. The molecule has 4 heterocycles. The summed E-state index contributed by atoms with van der Waals surface area (Å²) < 4.78 is 1.96. The second kappa shape index (κ2) is 11.5. The second-order valence-corrected chi connectivity index (χ2v) is 9.48. The van der Waals surface area contributed by atoms with Gasteiger partial charge in [0.05, 0.1) is 11.9 Å². The number of nitrogens with zero attached hydrogens (tertiary/aromatic N) is 4. The molecule has 1 aliphatic heterocycles. The van der Waals surface area contributed by atoms with E-state index >= 15 is 0 Å². The molecule has 0 bridgehead atoms. The first kappa shape index (κ1) is 24.2. The predicted octanol–water partition coefficient (Wildman–Crippen LogP) is 4.30. The monoisotopic (exact) mass is 485 g/mol. The standard InChI is InChI=1S/C27H31N7.CH4O/c1-2-12-29-24(3-1)22-6-4-19(5-7-22)17-31-26-15-25(30-16-20-10-13-28-14-11-20)33-27-23(21-8-9-21)18-32-34(26)27;1-2/h1-7,12,15,18,20-21,28,31H,8-11,13-14,16-17H2,(H,30,33);2H,1H3. The van der Waals surface area contributed by atoms with Crippen LogP contribution in [0.25, 0.3) is 16.9 Å². The largest absolute Gasteiger partial charge is 0.400 e. The number of hydrogen-bond donors (Lipinski definition) is 4. The molecule has 8 nitrogen and oxygen atoms in total. The summed E-state index contributed by atoms with van der Waals surface area (Å²) in [5, 5.41) is 22.4. The highest BCUT2D eigenvalue weighted by atomic mass is 16.2. The maximum atomic E-state index is 7.00. The minimum Gasteiger partial charge on any atom is -0.400 e. The second-order valence-electron chi connectivity index (χ2n) is 9.48. The molecule has 1 aliphatic carbocycles. The fourth-order valence-corrected chi connectivity index (χ4v) is 4.73. The number of nitrogens with one attached hydrogen (secondary N) is 3. The van der Waals surface area contributed by atoms with Crippen LogP contribution in [0.4, 0.5) is 11.6 Å². The first-order chi connectivity index (χ1) is 17.8. The third kappa shape index (κ3) is 5.66. The van der Waals surface area contributed by atoms with Crippen molar-refractivity contribution in [1.29, 1.82) is 0 Å². The van der Waals surface area contributed by atoms with E-state index in [2.05, 4.69) is 56.4 Å². The van der Waals surface area contributed by atoms with Crippen LogP contribution in [-0.4, -0.2) is 51.4 Å². The van der Waals surface area contributed by atoms with E-state index in [-0.39, 0.29) is 0 Å². The van der Waals surface area contributed by atoms with Crippen molar-refractivity contribution < 1.29 is 5.11 Å². The summed E-state index contributed by atoms with van der Waals surface area (Å²) in [4.78, 5) is 9.41. The van der Waals surface area contributed by atoms with Gasteiger partial charge < -0.3 is 21.1 Å². The van der Waals surface area contributed by atoms with E-state index < -0.39 is 0 Å². The van der Waals surface area contributed by atoms with Gasteiger partial charge in [-0.2, -0.15) is 9.61 Å². The van der Waals surface area contributed by atoms with Crippen LogP contribution in [0, 0.1) is 5.92 Å². The van der Waals surface area contributed by atoms with Crippen molar-refractivity contribution in [2.75, 3.05) is 37.4 Å². The molecule has 2 aliphatic rings. The number of hydrogen-bond acceptors (Lipinski definition) is 7. The molecule has 8 heteroatoms. The Morgan fingerprint density at radius 3 is 2.53 bits per heavy atom. The third-order valence-corrected chi connectivity index (χ3v) is 6.94. The summed E-state index contributed by atoms with van der Waals surface area (Å²) >= 11 is 0. The van der Waals surface area contributed by atoms with E-state index in [1.807, 2.05) is 35.1 Å². The van der Waals surface area contributed by atoms with Crippen molar-refractivity contribution in [2.45, 2.75) is 38.1 Å². The molecule has 0 atom stereocenters. The molecule has 1 saturated heterocycles. The van der Waals surface area contributed by atoms with Gasteiger partial charge in [0.2, 0.25) is 0 Å². The lowest BCUT2D eigenvalue weighted by Gasteiger charge is -2.23. The molecule has 1 aromatic carbocycles. The Labute approximate surface area is 212 Å². The number of anilines is 2. The fourth-order valence-electron chi connectivity index (χ4n) is 4.73. The number of fused-ring (bicyclic) bond motifs is 1. The molecule has 2 fully saturated rings. The van der Waals surface area contributed by atoms with Gasteiger partial charge >= 0.3 is 0 Å². The van der Waals surface area contributed by atoms with Crippen molar-refractivity contribution in [3.63, 3.8) is 0 Å². The summed E-state index contributed by atoms with van der Waals surface area (Å²) in [5.41, 5.74) is 5.58. The van der Waals surface area contributed by atoms with Crippen LogP contribution in [0.15, 0.2) is 60.9 Å². The van der Waals surface area contributed by atoms with E-state index in [1.165, 1.54) is 36.8 Å². The van der Waals surface area contributed by atoms with Crippen LogP contribution in [0.1, 0.15) is 42.7 Å². The van der Waals surface area contributed by atoms with Crippen LogP contribution in [0.2, 0.25) is 0 Å². The lowest BCUT2D eigenvalue weighted by Crippen LogP contribution is -2.31. The van der Waals surface area contributed by atoms with Crippen LogP contribution in [0.5, 0.6) is 0 Å². The minimum atomic E-state index is 0.608. The number of benzene rings is 1. The highest BCUT2D eigenvalue weighted by molar-refractivity contribution is 5.62. The quantitative estimate of drug-likeness (QED) is 0.295. The van der Waals surface area contributed by atoms with Crippen molar-refractivity contribution in [1.82, 2.24) is 24.9 Å². The third-order valence-electron chi connectivity index (χ3n) is 6.94. The van der Waals surface area contributed by atoms with E-state index in [4.69, 9.17) is 10.1 Å². The molecule has 1 saturated carbocycles. The molecule has 3 aromatic heterocycles. The normalized spacial score (nSPS) is 15.8. The highest BCUT2D eigenvalue weighted by Crippen LogP contribution is 2.42. The average molecular weight is 486 g/mol. The number of aromatic nitrogens is 4. The Bertz CT molecular complexity index is 1250. The number of rotatable bonds is 8. The molecular formula is C28H35N7O. The molecule has 4 aromatic rings. The number of aliphatic hydroxyl groups excluding tert-OH is 1.